The van der Waals surface area contributed by atoms with Gasteiger partial charge in [0.05, 0.1) is 24.9 Å². The third-order valence-electron chi connectivity index (χ3n) is 4.01. The quantitative estimate of drug-likeness (QED) is 0.588. The lowest BCUT2D eigenvalue weighted by molar-refractivity contribution is -0.120. The summed E-state index contributed by atoms with van der Waals surface area (Å²) in [4.78, 5) is 24.1. The number of carbonyl (C=O) groups is 1. The van der Waals surface area contributed by atoms with Crippen molar-refractivity contribution in [3.63, 3.8) is 0 Å². The van der Waals surface area contributed by atoms with Gasteiger partial charge < -0.3 is 14.7 Å². The number of nitrogens with zero attached hydrogens (tertiary/aromatic N) is 2. The number of amides is 1. The van der Waals surface area contributed by atoms with E-state index < -0.39 is 0 Å². The minimum atomic E-state index is -0.0687. The number of rotatable bonds is 5. The first-order valence-electron chi connectivity index (χ1n) is 7.97. The average molecular weight is 332 g/mol. The second kappa shape index (κ2) is 6.60. The number of hydrogen-bond donors (Lipinski definition) is 2. The van der Waals surface area contributed by atoms with E-state index in [4.69, 9.17) is 4.42 Å². The number of benzene rings is 1. The van der Waals surface area contributed by atoms with Gasteiger partial charge in [0.1, 0.15) is 5.69 Å². The summed E-state index contributed by atoms with van der Waals surface area (Å²) in [5, 5.41) is 3.97. The highest BCUT2D eigenvalue weighted by Crippen LogP contribution is 2.20. The highest BCUT2D eigenvalue weighted by atomic mass is 16.3. The summed E-state index contributed by atoms with van der Waals surface area (Å²) >= 11 is 0. The second-order valence-electron chi connectivity index (χ2n) is 5.64. The summed E-state index contributed by atoms with van der Waals surface area (Å²) < 4.78 is 5.38. The summed E-state index contributed by atoms with van der Waals surface area (Å²) in [6.45, 7) is 0.297. The summed E-state index contributed by atoms with van der Waals surface area (Å²) in [7, 11) is 0. The van der Waals surface area contributed by atoms with Crippen molar-refractivity contribution in [3.05, 3.63) is 72.5 Å². The Kier molecular flexibility index (Phi) is 4.00. The van der Waals surface area contributed by atoms with Gasteiger partial charge in [-0.2, -0.15) is 0 Å². The van der Waals surface area contributed by atoms with Crippen LogP contribution in [0.25, 0.3) is 22.4 Å². The third-order valence-corrected chi connectivity index (χ3v) is 4.01. The van der Waals surface area contributed by atoms with Crippen molar-refractivity contribution in [1.82, 2.24) is 20.3 Å². The maximum atomic E-state index is 12.3. The maximum Gasteiger partial charge on any atom is 0.224 e. The lowest BCUT2D eigenvalue weighted by atomic mass is 10.1. The lowest BCUT2D eigenvalue weighted by Gasteiger charge is -2.07. The van der Waals surface area contributed by atoms with Crippen LogP contribution in [0.1, 0.15) is 11.3 Å². The third kappa shape index (κ3) is 3.14. The van der Waals surface area contributed by atoms with Crippen LogP contribution in [-0.2, 0) is 17.8 Å². The number of furan rings is 1. The number of H-pyrrole nitrogens is 1. The van der Waals surface area contributed by atoms with Crippen molar-refractivity contribution in [2.24, 2.45) is 0 Å². The van der Waals surface area contributed by atoms with Gasteiger partial charge in [-0.25, -0.2) is 4.98 Å². The van der Waals surface area contributed by atoms with Gasteiger partial charge in [0, 0.05) is 29.5 Å². The van der Waals surface area contributed by atoms with Crippen LogP contribution < -0.4 is 5.32 Å². The Morgan fingerprint density at radius 3 is 2.88 bits per heavy atom. The number of nitrogens with one attached hydrogen (secondary N) is 2. The molecule has 2 N–H and O–H groups in total. The van der Waals surface area contributed by atoms with Crippen molar-refractivity contribution in [3.8, 4) is 11.5 Å². The van der Waals surface area contributed by atoms with Gasteiger partial charge in [0.25, 0.3) is 0 Å². The van der Waals surface area contributed by atoms with Gasteiger partial charge in [-0.15, -0.1) is 0 Å². The summed E-state index contributed by atoms with van der Waals surface area (Å²) in [5.41, 5.74) is 3.31. The van der Waals surface area contributed by atoms with E-state index in [1.54, 1.807) is 24.7 Å². The second-order valence-corrected chi connectivity index (χ2v) is 5.64. The van der Waals surface area contributed by atoms with Crippen LogP contribution in [0.2, 0.25) is 0 Å². The highest BCUT2D eigenvalue weighted by molar-refractivity contribution is 5.88. The molecule has 0 aliphatic carbocycles. The summed E-state index contributed by atoms with van der Waals surface area (Å²) in [6, 6.07) is 11.5. The molecule has 1 aromatic carbocycles. The Bertz CT molecular complexity index is 1010. The van der Waals surface area contributed by atoms with E-state index in [2.05, 4.69) is 20.3 Å². The maximum absolute atomic E-state index is 12.3. The molecule has 0 unspecified atom stereocenters. The van der Waals surface area contributed by atoms with Crippen LogP contribution in [0, 0.1) is 0 Å². The smallest absolute Gasteiger partial charge is 0.224 e. The molecular weight excluding hydrogens is 316 g/mol. The van der Waals surface area contributed by atoms with Gasteiger partial charge in [0.15, 0.2) is 5.76 Å². The van der Waals surface area contributed by atoms with Crippen LogP contribution in [0.4, 0.5) is 0 Å². The van der Waals surface area contributed by atoms with Gasteiger partial charge >= 0.3 is 0 Å². The largest absolute Gasteiger partial charge is 0.463 e. The fourth-order valence-electron chi connectivity index (χ4n) is 2.81. The summed E-state index contributed by atoms with van der Waals surface area (Å²) in [6.07, 6.45) is 6.98. The van der Waals surface area contributed by atoms with E-state index in [-0.39, 0.29) is 5.91 Å². The molecule has 0 atom stereocenters. The first kappa shape index (κ1) is 15.1. The molecule has 3 aromatic heterocycles. The van der Waals surface area contributed by atoms with Crippen LogP contribution >= 0.6 is 0 Å². The lowest BCUT2D eigenvalue weighted by Crippen LogP contribution is -2.25. The molecule has 124 valence electrons. The number of para-hydroxylation sites is 1. The van der Waals surface area contributed by atoms with E-state index in [9.17, 15) is 4.79 Å². The molecule has 1 amide bonds. The number of hydrogen-bond acceptors (Lipinski definition) is 4. The fourth-order valence-corrected chi connectivity index (χ4v) is 2.81. The van der Waals surface area contributed by atoms with Crippen molar-refractivity contribution in [1.29, 1.82) is 0 Å². The zero-order chi connectivity index (χ0) is 17.1. The topological polar surface area (TPSA) is 83.8 Å². The van der Waals surface area contributed by atoms with E-state index in [0.29, 0.717) is 30.1 Å². The molecule has 0 aliphatic heterocycles. The monoisotopic (exact) mass is 332 g/mol. The molecule has 25 heavy (non-hydrogen) atoms. The Hall–Kier alpha value is -3.41. The first-order chi connectivity index (χ1) is 12.3. The highest BCUT2D eigenvalue weighted by Gasteiger charge is 2.13. The zero-order valence-electron chi connectivity index (χ0n) is 13.4. The number of aromatic amines is 1. The molecule has 3 heterocycles. The van der Waals surface area contributed by atoms with Gasteiger partial charge in [-0.1, -0.05) is 18.2 Å². The van der Waals surface area contributed by atoms with E-state index in [0.717, 1.165) is 16.5 Å². The molecule has 0 saturated carbocycles. The van der Waals surface area contributed by atoms with Crippen LogP contribution in [0.3, 0.4) is 0 Å². The molecule has 6 heteroatoms. The molecular formula is C19H16N4O2. The predicted molar refractivity (Wildman–Crippen MR) is 93.6 cm³/mol. The molecule has 6 nitrogen and oxygen atoms in total. The molecule has 0 aliphatic rings. The minimum absolute atomic E-state index is 0.0687. The molecule has 4 rings (SSSR count). The van der Waals surface area contributed by atoms with Crippen molar-refractivity contribution in [2.75, 3.05) is 0 Å². The van der Waals surface area contributed by atoms with Crippen molar-refractivity contribution in [2.45, 2.75) is 13.0 Å². The van der Waals surface area contributed by atoms with Crippen molar-refractivity contribution >= 4 is 16.8 Å². The number of aromatic nitrogens is 3. The molecule has 0 fully saturated rings. The van der Waals surface area contributed by atoms with E-state index >= 15 is 0 Å². The fraction of sp³-hybridized carbons (Fsp3) is 0.105. The van der Waals surface area contributed by atoms with Crippen LogP contribution in [0.5, 0.6) is 0 Å². The zero-order valence-corrected chi connectivity index (χ0v) is 13.4. The predicted octanol–water partition coefficient (Wildman–Crippen LogP) is 3.08. The van der Waals surface area contributed by atoms with Gasteiger partial charge in [-0.3, -0.25) is 9.78 Å². The standard InChI is InChI=1S/C19H16N4O2/c24-18(10-13-11-22-15-5-2-1-4-14(13)15)23-12-16-19(21-8-7-20-16)17-6-3-9-25-17/h1-9,11,22H,10,12H2,(H,23,24). The van der Waals surface area contributed by atoms with E-state index in [1.807, 2.05) is 36.5 Å². The van der Waals surface area contributed by atoms with Gasteiger partial charge in [0.2, 0.25) is 5.91 Å². The first-order valence-corrected chi connectivity index (χ1v) is 7.97. The van der Waals surface area contributed by atoms with E-state index in [1.165, 1.54) is 0 Å². The van der Waals surface area contributed by atoms with Gasteiger partial charge in [-0.05, 0) is 23.8 Å². The number of fused-ring (bicyclic) bond motifs is 1. The Morgan fingerprint density at radius 2 is 2.00 bits per heavy atom. The molecule has 0 spiro atoms. The molecule has 0 bridgehead atoms. The molecule has 0 saturated heterocycles. The van der Waals surface area contributed by atoms with Crippen molar-refractivity contribution < 1.29 is 9.21 Å². The average Bonchev–Trinajstić information content (AvgIpc) is 3.31. The normalized spacial score (nSPS) is 10.9. The molecule has 4 aromatic rings. The van der Waals surface area contributed by atoms with Crippen LogP contribution in [0.15, 0.2) is 65.7 Å². The Morgan fingerprint density at radius 1 is 1.12 bits per heavy atom. The molecule has 0 radical (unpaired) electrons. The Balaban J connectivity index is 1.46. The SMILES string of the molecule is O=C(Cc1c[nH]c2ccccc12)NCc1nccnc1-c1ccco1. The minimum Gasteiger partial charge on any atom is -0.463 e. The summed E-state index contributed by atoms with van der Waals surface area (Å²) in [5.74, 6) is 0.565. The van der Waals surface area contributed by atoms with Crippen LogP contribution in [-0.4, -0.2) is 20.9 Å². The Labute approximate surface area is 143 Å². The number of carbonyl (C=O) groups excluding carboxylic acids is 1.